The molecule has 3 aromatic rings. The highest BCUT2D eigenvalue weighted by Crippen LogP contribution is 2.43. The van der Waals surface area contributed by atoms with Crippen molar-refractivity contribution in [2.45, 2.75) is 76.6 Å². The lowest BCUT2D eigenvalue weighted by atomic mass is 9.82. The molecule has 45 heavy (non-hydrogen) atoms. The summed E-state index contributed by atoms with van der Waals surface area (Å²) in [6.45, 7) is 8.95. The first-order valence-electron chi connectivity index (χ1n) is 15.5. The van der Waals surface area contributed by atoms with Crippen LogP contribution in [0.15, 0.2) is 54.6 Å². The Morgan fingerprint density at radius 1 is 1.09 bits per heavy atom. The minimum atomic E-state index is -0.374. The Balaban J connectivity index is 1.18. The molecule has 0 aromatic heterocycles. The van der Waals surface area contributed by atoms with Gasteiger partial charge in [0.2, 0.25) is 5.91 Å². The van der Waals surface area contributed by atoms with Crippen LogP contribution in [0.2, 0.25) is 0 Å². The molecule has 3 aromatic carbocycles. The van der Waals surface area contributed by atoms with Gasteiger partial charge in [0.05, 0.1) is 23.5 Å². The zero-order chi connectivity index (χ0) is 32.3. The molecule has 2 atom stereocenters. The van der Waals surface area contributed by atoms with Crippen molar-refractivity contribution in [1.82, 2.24) is 5.32 Å². The van der Waals surface area contributed by atoms with Crippen molar-refractivity contribution in [1.29, 1.82) is 0 Å². The van der Waals surface area contributed by atoms with Crippen molar-refractivity contribution in [3.63, 3.8) is 0 Å². The molecule has 0 radical (unpaired) electrons. The maximum atomic E-state index is 13.3. The number of carbonyl (C=O) groups excluding carboxylic acids is 3. The molecule has 5 rings (SSSR count). The topological polar surface area (TPSA) is 94.2 Å². The summed E-state index contributed by atoms with van der Waals surface area (Å²) in [6.07, 6.45) is 4.02. The minimum absolute atomic E-state index is 0.0793. The van der Waals surface area contributed by atoms with Crippen LogP contribution in [0.4, 0.5) is 10.5 Å². The van der Waals surface area contributed by atoms with Gasteiger partial charge >= 0.3 is 5.97 Å². The molecule has 0 saturated carbocycles. The van der Waals surface area contributed by atoms with E-state index in [1.54, 1.807) is 6.07 Å². The molecule has 0 bridgehead atoms. The molecule has 9 heteroatoms. The van der Waals surface area contributed by atoms with Crippen molar-refractivity contribution in [3.05, 3.63) is 82.4 Å². The molecule has 2 heterocycles. The number of amides is 2. The largest absolute Gasteiger partial charge is 0.494 e. The van der Waals surface area contributed by atoms with E-state index in [0.717, 1.165) is 76.9 Å². The fourth-order valence-corrected chi connectivity index (χ4v) is 6.55. The van der Waals surface area contributed by atoms with Gasteiger partial charge in [0, 0.05) is 30.9 Å². The van der Waals surface area contributed by atoms with Gasteiger partial charge in [-0.1, -0.05) is 50.7 Å². The summed E-state index contributed by atoms with van der Waals surface area (Å²) < 4.78 is 18.6. The van der Waals surface area contributed by atoms with Gasteiger partial charge in [-0.25, -0.2) is 4.79 Å². The smallest absolute Gasteiger partial charge is 0.343 e. The molecule has 2 aliphatic heterocycles. The van der Waals surface area contributed by atoms with Crippen LogP contribution in [0, 0.1) is 6.92 Å². The van der Waals surface area contributed by atoms with Gasteiger partial charge < -0.3 is 19.1 Å². The Morgan fingerprint density at radius 2 is 1.84 bits per heavy atom. The summed E-state index contributed by atoms with van der Waals surface area (Å²) in [4.78, 5) is 38.5. The highest BCUT2D eigenvalue weighted by Gasteiger charge is 2.32. The molecule has 1 saturated heterocycles. The number of hydrogen-bond donors (Lipinski definition) is 1. The normalized spacial score (nSPS) is 17.7. The van der Waals surface area contributed by atoms with E-state index >= 15 is 0 Å². The molecule has 8 nitrogen and oxygen atoms in total. The molecule has 2 unspecified atom stereocenters. The number of nitrogens with one attached hydrogen (secondary N) is 1. The number of imide groups is 1. The number of nitrogens with zero attached hydrogens (tertiary/aromatic N) is 1. The minimum Gasteiger partial charge on any atom is -0.494 e. The number of rotatable bonds is 10. The van der Waals surface area contributed by atoms with Gasteiger partial charge in [-0.05, 0) is 92.0 Å². The van der Waals surface area contributed by atoms with Crippen LogP contribution in [0.25, 0.3) is 0 Å². The zero-order valence-corrected chi connectivity index (χ0v) is 27.7. The maximum absolute atomic E-state index is 13.3. The van der Waals surface area contributed by atoms with Crippen LogP contribution in [0.5, 0.6) is 17.2 Å². The van der Waals surface area contributed by atoms with Gasteiger partial charge in [0.1, 0.15) is 17.2 Å². The standard InChI is InChI=1S/C36H42N2O6S/c1-22-28-17-16-27(11-8-18-42-26-14-12-23(13-15-26)19-31-33(39)37-35(41)45-31)43-30(28)21-29(36(2,3)4)32(22)44-34(40)24-9-7-10-25(20-24)38(5)6/h7,9-10,12-15,20-21,27,31H,8,11,16-19H2,1-6H3,(H,37,39,41). The predicted octanol–water partition coefficient (Wildman–Crippen LogP) is 7.02. The number of hydrogen-bond acceptors (Lipinski definition) is 8. The van der Waals surface area contributed by atoms with E-state index in [0.29, 0.717) is 24.3 Å². The van der Waals surface area contributed by atoms with E-state index in [2.05, 4.69) is 32.2 Å². The first kappa shape index (κ1) is 32.4. The Labute approximate surface area is 269 Å². The van der Waals surface area contributed by atoms with E-state index in [-0.39, 0.29) is 33.9 Å². The number of anilines is 1. The lowest BCUT2D eigenvalue weighted by molar-refractivity contribution is -0.118. The van der Waals surface area contributed by atoms with Crippen LogP contribution in [-0.2, 0) is 23.1 Å². The Hall–Kier alpha value is -3.98. The lowest BCUT2D eigenvalue weighted by Gasteiger charge is -2.32. The second kappa shape index (κ2) is 13.6. The van der Waals surface area contributed by atoms with E-state index in [1.165, 1.54) is 0 Å². The lowest BCUT2D eigenvalue weighted by Crippen LogP contribution is -2.26. The van der Waals surface area contributed by atoms with Gasteiger partial charge in [-0.2, -0.15) is 0 Å². The van der Waals surface area contributed by atoms with Crippen molar-refractivity contribution in [2.75, 3.05) is 25.6 Å². The van der Waals surface area contributed by atoms with Crippen LogP contribution in [0.1, 0.15) is 72.6 Å². The third kappa shape index (κ3) is 7.82. The fraction of sp³-hybridized carbons (Fsp3) is 0.417. The van der Waals surface area contributed by atoms with E-state index < -0.39 is 0 Å². The first-order chi connectivity index (χ1) is 21.4. The van der Waals surface area contributed by atoms with Crippen LogP contribution >= 0.6 is 11.8 Å². The second-order valence-corrected chi connectivity index (χ2v) is 14.1. The number of thioether (sulfide) groups is 1. The third-order valence-corrected chi connectivity index (χ3v) is 9.25. The van der Waals surface area contributed by atoms with Gasteiger partial charge in [0.15, 0.2) is 0 Å². The van der Waals surface area contributed by atoms with Gasteiger partial charge in [-0.15, -0.1) is 0 Å². The number of esters is 1. The Bertz CT molecular complexity index is 1580. The van der Waals surface area contributed by atoms with Crippen molar-refractivity contribution in [3.8, 4) is 17.2 Å². The summed E-state index contributed by atoms with van der Waals surface area (Å²) in [7, 11) is 3.89. The first-order valence-corrected chi connectivity index (χ1v) is 16.3. The molecule has 238 valence electrons. The molecule has 0 spiro atoms. The number of ether oxygens (including phenoxy) is 3. The molecule has 1 fully saturated rings. The zero-order valence-electron chi connectivity index (χ0n) is 26.9. The Kier molecular flexibility index (Phi) is 9.77. The van der Waals surface area contributed by atoms with E-state index in [9.17, 15) is 14.4 Å². The number of carbonyl (C=O) groups is 3. The number of benzene rings is 3. The fourth-order valence-electron chi connectivity index (χ4n) is 5.69. The second-order valence-electron chi connectivity index (χ2n) is 12.9. The highest BCUT2D eigenvalue weighted by molar-refractivity contribution is 8.15. The summed E-state index contributed by atoms with van der Waals surface area (Å²) in [5, 5.41) is 1.67. The predicted molar refractivity (Wildman–Crippen MR) is 178 cm³/mol. The van der Waals surface area contributed by atoms with Crippen LogP contribution < -0.4 is 24.4 Å². The van der Waals surface area contributed by atoms with E-state index in [4.69, 9.17) is 14.2 Å². The van der Waals surface area contributed by atoms with Crippen molar-refractivity contribution < 1.29 is 28.6 Å². The van der Waals surface area contributed by atoms with Crippen LogP contribution in [0.3, 0.4) is 0 Å². The molecule has 2 amide bonds. The average Bonchev–Trinajstić information content (AvgIpc) is 3.32. The van der Waals surface area contributed by atoms with Crippen LogP contribution in [-0.4, -0.2) is 49.2 Å². The quantitative estimate of drug-likeness (QED) is 0.145. The summed E-state index contributed by atoms with van der Waals surface area (Å²) in [5.41, 5.74) is 5.18. The molecule has 1 N–H and O–H groups in total. The average molecular weight is 631 g/mol. The highest BCUT2D eigenvalue weighted by atomic mass is 32.2. The summed E-state index contributed by atoms with van der Waals surface area (Å²) in [5.74, 6) is 1.67. The number of fused-ring (bicyclic) bond motifs is 1. The van der Waals surface area contributed by atoms with Crippen molar-refractivity contribution >= 4 is 34.6 Å². The monoisotopic (exact) mass is 630 g/mol. The summed E-state index contributed by atoms with van der Waals surface area (Å²) >= 11 is 1.04. The van der Waals surface area contributed by atoms with Crippen molar-refractivity contribution in [2.24, 2.45) is 0 Å². The SMILES string of the molecule is Cc1c2c(cc(C(C)(C)C)c1OC(=O)c1cccc(N(C)C)c1)OC(CCCOc1ccc(CC3SC(=O)NC3=O)cc1)CC2. The summed E-state index contributed by atoms with van der Waals surface area (Å²) in [6, 6.07) is 17.2. The van der Waals surface area contributed by atoms with E-state index in [1.807, 2.05) is 68.4 Å². The van der Waals surface area contributed by atoms with Gasteiger partial charge in [-0.3, -0.25) is 14.9 Å². The molecular weight excluding hydrogens is 588 g/mol. The molecule has 2 aliphatic rings. The maximum Gasteiger partial charge on any atom is 0.343 e. The molecule has 0 aliphatic carbocycles. The third-order valence-electron chi connectivity index (χ3n) is 8.27. The molecular formula is C36H42N2O6S. The Morgan fingerprint density at radius 3 is 2.51 bits per heavy atom. The van der Waals surface area contributed by atoms with Gasteiger partial charge in [0.25, 0.3) is 5.24 Å².